The number of carbonyl (C=O) groups excluding carboxylic acids is 2. The van der Waals surface area contributed by atoms with Crippen LogP contribution in [0.1, 0.15) is 36.8 Å². The molecule has 1 heterocycles. The Bertz CT molecular complexity index is 821. The van der Waals surface area contributed by atoms with Gasteiger partial charge in [-0.1, -0.05) is 41.0 Å². The monoisotopic (exact) mass is 333 g/mol. The quantitative estimate of drug-likeness (QED) is 0.573. The number of rotatable bonds is 1. The summed E-state index contributed by atoms with van der Waals surface area (Å²) < 4.78 is 0. The van der Waals surface area contributed by atoms with Crippen LogP contribution in [0.4, 0.5) is 5.69 Å². The highest BCUT2D eigenvalue weighted by Gasteiger charge is 2.62. The van der Waals surface area contributed by atoms with Crippen molar-refractivity contribution in [2.75, 3.05) is 4.90 Å². The molecule has 0 radical (unpaired) electrons. The van der Waals surface area contributed by atoms with E-state index in [2.05, 4.69) is 12.2 Å². The molecular weight excluding hydrogens is 310 g/mol. The van der Waals surface area contributed by atoms with Gasteiger partial charge >= 0.3 is 0 Å². The molecule has 3 heteroatoms. The van der Waals surface area contributed by atoms with Gasteiger partial charge in [0.05, 0.1) is 17.5 Å². The second-order valence-corrected chi connectivity index (χ2v) is 8.06. The summed E-state index contributed by atoms with van der Waals surface area (Å²) >= 11 is 0. The number of anilines is 1. The molecule has 3 nitrogen and oxygen atoms in total. The fourth-order valence-electron chi connectivity index (χ4n) is 5.62. The van der Waals surface area contributed by atoms with Crippen molar-refractivity contribution < 1.29 is 9.59 Å². The number of carbonyl (C=O) groups is 2. The Morgan fingerprint density at radius 2 is 1.52 bits per heavy atom. The lowest BCUT2D eigenvalue weighted by molar-refractivity contribution is -0.122. The van der Waals surface area contributed by atoms with E-state index in [0.717, 1.165) is 29.7 Å². The predicted octanol–water partition coefficient (Wildman–Crippen LogP) is 4.10. The van der Waals surface area contributed by atoms with E-state index >= 15 is 0 Å². The van der Waals surface area contributed by atoms with Crippen LogP contribution in [-0.2, 0) is 9.59 Å². The lowest BCUT2D eigenvalue weighted by Crippen LogP contribution is -2.33. The lowest BCUT2D eigenvalue weighted by atomic mass is 9.85. The smallest absolute Gasteiger partial charge is 0.238 e. The van der Waals surface area contributed by atoms with Crippen molar-refractivity contribution in [2.45, 2.75) is 39.5 Å². The van der Waals surface area contributed by atoms with Gasteiger partial charge in [0.2, 0.25) is 11.8 Å². The van der Waals surface area contributed by atoms with Crippen molar-refractivity contribution in [1.82, 2.24) is 0 Å². The molecule has 2 bridgehead atoms. The van der Waals surface area contributed by atoms with Crippen LogP contribution >= 0.6 is 0 Å². The van der Waals surface area contributed by atoms with Crippen LogP contribution in [0.2, 0.25) is 0 Å². The third kappa shape index (κ3) is 1.92. The molecule has 0 spiro atoms. The highest BCUT2D eigenvalue weighted by Crippen LogP contribution is 2.58. The first-order valence-corrected chi connectivity index (χ1v) is 9.43. The van der Waals surface area contributed by atoms with E-state index in [1.807, 2.05) is 32.0 Å². The van der Waals surface area contributed by atoms with Gasteiger partial charge in [-0.05, 0) is 51.2 Å². The van der Waals surface area contributed by atoms with Crippen molar-refractivity contribution in [1.29, 1.82) is 0 Å². The zero-order chi connectivity index (χ0) is 17.3. The zero-order valence-corrected chi connectivity index (χ0v) is 14.8. The van der Waals surface area contributed by atoms with E-state index in [9.17, 15) is 9.59 Å². The second kappa shape index (κ2) is 5.17. The van der Waals surface area contributed by atoms with Crippen LogP contribution in [0.5, 0.6) is 0 Å². The maximum Gasteiger partial charge on any atom is 0.238 e. The number of amides is 2. The van der Waals surface area contributed by atoms with E-state index in [0.29, 0.717) is 0 Å². The third-order valence-corrected chi connectivity index (χ3v) is 6.62. The number of hydrogen-bond donors (Lipinski definition) is 0. The number of allylic oxidation sites excluding steroid dienone is 4. The normalized spacial score (nSPS) is 33.1. The number of nitrogens with zero attached hydrogens (tertiary/aromatic N) is 1. The van der Waals surface area contributed by atoms with E-state index in [-0.39, 0.29) is 35.5 Å². The Balaban J connectivity index is 1.56. The average Bonchev–Trinajstić information content (AvgIpc) is 3.32. The SMILES string of the molecule is Cc1ccc(N2C(=O)[C@@H]3[C@@H](C2=O)[C@@H]2C=C[C@@H]3C2=C2CCCC2)c(C)c1. The Kier molecular flexibility index (Phi) is 3.13. The standard InChI is InChI=1S/C22H23NO2/c1-12-7-10-17(13(2)11-12)23-21(24)19-15-8-9-16(20(19)22(23)25)18(15)14-5-3-4-6-14/h7-11,15-16,19-20H,3-6H2,1-2H3/t15-,16-,19+,20+/m1/s1. The summed E-state index contributed by atoms with van der Waals surface area (Å²) in [7, 11) is 0. The van der Waals surface area contributed by atoms with Crippen molar-refractivity contribution in [3.05, 3.63) is 52.6 Å². The van der Waals surface area contributed by atoms with Crippen molar-refractivity contribution in [3.8, 4) is 0 Å². The summed E-state index contributed by atoms with van der Waals surface area (Å²) in [5, 5.41) is 0. The Morgan fingerprint density at radius 1 is 0.920 bits per heavy atom. The van der Waals surface area contributed by atoms with Crippen molar-refractivity contribution >= 4 is 17.5 Å². The summed E-state index contributed by atoms with van der Waals surface area (Å²) in [6, 6.07) is 5.95. The van der Waals surface area contributed by atoms with Crippen LogP contribution in [0.25, 0.3) is 0 Å². The summed E-state index contributed by atoms with van der Waals surface area (Å²) in [5.41, 5.74) is 5.87. The molecular formula is C22H23NO2. The molecule has 0 aromatic heterocycles. The van der Waals surface area contributed by atoms with Gasteiger partial charge in [0.15, 0.2) is 0 Å². The molecule has 2 saturated carbocycles. The van der Waals surface area contributed by atoms with Crippen LogP contribution in [0, 0.1) is 37.5 Å². The molecule has 128 valence electrons. The molecule has 5 rings (SSSR count). The largest absolute Gasteiger partial charge is 0.274 e. The Morgan fingerprint density at radius 3 is 2.08 bits per heavy atom. The molecule has 2 amide bonds. The zero-order valence-electron chi connectivity index (χ0n) is 14.8. The fraction of sp³-hybridized carbons (Fsp3) is 0.455. The van der Waals surface area contributed by atoms with Gasteiger partial charge in [-0.3, -0.25) is 9.59 Å². The summed E-state index contributed by atoms with van der Waals surface area (Å²) in [5.74, 6) is -0.00647. The van der Waals surface area contributed by atoms with E-state index in [4.69, 9.17) is 0 Å². The van der Waals surface area contributed by atoms with Gasteiger partial charge in [0.1, 0.15) is 0 Å². The van der Waals surface area contributed by atoms with Gasteiger partial charge < -0.3 is 0 Å². The van der Waals surface area contributed by atoms with Crippen LogP contribution in [0.15, 0.2) is 41.5 Å². The highest BCUT2D eigenvalue weighted by atomic mass is 16.2. The molecule has 1 aromatic carbocycles. The van der Waals surface area contributed by atoms with Crippen molar-refractivity contribution in [3.63, 3.8) is 0 Å². The fourth-order valence-corrected chi connectivity index (χ4v) is 5.62. The number of fused-ring (bicyclic) bond motifs is 5. The van der Waals surface area contributed by atoms with Gasteiger partial charge in [-0.25, -0.2) is 4.90 Å². The summed E-state index contributed by atoms with van der Waals surface area (Å²) in [6.07, 6.45) is 9.22. The minimum atomic E-state index is -0.175. The van der Waals surface area contributed by atoms with Gasteiger partial charge in [-0.2, -0.15) is 0 Å². The van der Waals surface area contributed by atoms with Crippen molar-refractivity contribution in [2.24, 2.45) is 23.7 Å². The number of imide groups is 1. The Hall–Kier alpha value is -2.16. The maximum absolute atomic E-state index is 13.2. The van der Waals surface area contributed by atoms with E-state index < -0.39 is 0 Å². The first-order valence-electron chi connectivity index (χ1n) is 9.43. The van der Waals surface area contributed by atoms with Crippen LogP contribution in [0.3, 0.4) is 0 Å². The topological polar surface area (TPSA) is 37.4 Å². The molecule has 3 fully saturated rings. The minimum Gasteiger partial charge on any atom is -0.274 e. The number of benzene rings is 1. The lowest BCUT2D eigenvalue weighted by Gasteiger charge is -2.21. The number of aryl methyl sites for hydroxylation is 2. The van der Waals surface area contributed by atoms with Crippen LogP contribution in [-0.4, -0.2) is 11.8 Å². The Labute approximate surface area is 148 Å². The first kappa shape index (κ1) is 15.1. The predicted molar refractivity (Wildman–Crippen MR) is 97.0 cm³/mol. The second-order valence-electron chi connectivity index (χ2n) is 8.06. The molecule has 4 aliphatic rings. The molecule has 1 saturated heterocycles. The summed E-state index contributed by atoms with van der Waals surface area (Å²) in [4.78, 5) is 27.9. The molecule has 1 aromatic rings. The molecule has 1 aliphatic heterocycles. The molecule has 4 atom stereocenters. The average molecular weight is 333 g/mol. The van der Waals surface area contributed by atoms with E-state index in [1.54, 1.807) is 0 Å². The number of hydrogen-bond acceptors (Lipinski definition) is 2. The maximum atomic E-state index is 13.2. The highest BCUT2D eigenvalue weighted by molar-refractivity contribution is 6.23. The molecule has 0 unspecified atom stereocenters. The van der Waals surface area contributed by atoms with Gasteiger partial charge in [0.25, 0.3) is 0 Å². The minimum absolute atomic E-state index is 0.00917. The molecule has 3 aliphatic carbocycles. The summed E-state index contributed by atoms with van der Waals surface area (Å²) in [6.45, 7) is 4.01. The first-order chi connectivity index (χ1) is 12.1. The van der Waals surface area contributed by atoms with E-state index in [1.165, 1.54) is 28.9 Å². The molecule has 0 N–H and O–H groups in total. The molecule has 25 heavy (non-hydrogen) atoms. The van der Waals surface area contributed by atoms with Crippen LogP contribution < -0.4 is 4.90 Å². The van der Waals surface area contributed by atoms with Gasteiger partial charge in [-0.15, -0.1) is 0 Å². The third-order valence-electron chi connectivity index (χ3n) is 6.62. The van der Waals surface area contributed by atoms with Gasteiger partial charge in [0, 0.05) is 11.8 Å².